The lowest BCUT2D eigenvalue weighted by Gasteiger charge is -2.28. The molecule has 2 heterocycles. The minimum Gasteiger partial charge on any atom is -0.494 e. The Hall–Kier alpha value is -3.67. The van der Waals surface area contributed by atoms with E-state index in [0.29, 0.717) is 25.9 Å². The molecule has 32 heavy (non-hydrogen) atoms. The maximum atomic E-state index is 13.0. The van der Waals surface area contributed by atoms with Gasteiger partial charge in [-0.05, 0) is 54.3 Å². The number of benzene rings is 2. The first-order chi connectivity index (χ1) is 15.6. The molecule has 4 rings (SSSR count). The smallest absolute Gasteiger partial charge is 0.224 e. The second kappa shape index (κ2) is 10.1. The van der Waals surface area contributed by atoms with Gasteiger partial charge in [0.25, 0.3) is 0 Å². The molecule has 0 bridgehead atoms. The first-order valence-corrected chi connectivity index (χ1v) is 10.9. The Morgan fingerprint density at radius 3 is 2.69 bits per heavy atom. The van der Waals surface area contributed by atoms with E-state index < -0.39 is 0 Å². The molecule has 0 spiro atoms. The minimum absolute atomic E-state index is 0.0428. The van der Waals surface area contributed by atoms with Crippen LogP contribution in [0.2, 0.25) is 0 Å². The zero-order valence-corrected chi connectivity index (χ0v) is 18.2. The number of anilines is 1. The van der Waals surface area contributed by atoms with Gasteiger partial charge in [-0.25, -0.2) is 0 Å². The summed E-state index contributed by atoms with van der Waals surface area (Å²) in [5, 5.41) is 2.87. The maximum Gasteiger partial charge on any atom is 0.224 e. The number of hydrogen-bond donors (Lipinski definition) is 1. The predicted octanol–water partition coefficient (Wildman–Crippen LogP) is 4.37. The van der Waals surface area contributed by atoms with Gasteiger partial charge in [-0.15, -0.1) is 0 Å². The molecule has 1 aliphatic rings. The quantitative estimate of drug-likeness (QED) is 0.540. The number of amides is 2. The van der Waals surface area contributed by atoms with Gasteiger partial charge in [-0.2, -0.15) is 0 Å². The number of aryl methyl sites for hydroxylation is 1. The van der Waals surface area contributed by atoms with Gasteiger partial charge in [0.2, 0.25) is 11.8 Å². The normalized spacial score (nSPS) is 13.6. The second-order valence-corrected chi connectivity index (χ2v) is 7.89. The molecule has 0 saturated carbocycles. The van der Waals surface area contributed by atoms with E-state index in [-0.39, 0.29) is 17.9 Å². The van der Waals surface area contributed by atoms with Crippen LogP contribution in [0.25, 0.3) is 0 Å². The summed E-state index contributed by atoms with van der Waals surface area (Å²) in [6, 6.07) is 21.2. The van der Waals surface area contributed by atoms with Crippen molar-refractivity contribution in [1.82, 2.24) is 9.88 Å². The Morgan fingerprint density at radius 1 is 1.09 bits per heavy atom. The average molecular weight is 430 g/mol. The number of nitrogens with one attached hydrogen (secondary N) is 1. The molecule has 0 fully saturated rings. The van der Waals surface area contributed by atoms with Crippen molar-refractivity contribution in [2.75, 3.05) is 19.0 Å². The third kappa shape index (κ3) is 5.14. The van der Waals surface area contributed by atoms with Crippen molar-refractivity contribution >= 4 is 17.5 Å². The lowest BCUT2D eigenvalue weighted by Crippen LogP contribution is -2.32. The number of pyridine rings is 1. The second-order valence-electron chi connectivity index (χ2n) is 7.89. The fourth-order valence-corrected chi connectivity index (χ4v) is 3.95. The van der Waals surface area contributed by atoms with E-state index in [1.165, 1.54) is 0 Å². The van der Waals surface area contributed by atoms with Crippen molar-refractivity contribution in [3.05, 3.63) is 89.7 Å². The molecule has 6 nitrogen and oxygen atoms in total. The molecule has 1 aliphatic heterocycles. The minimum atomic E-state index is -0.235. The van der Waals surface area contributed by atoms with Crippen LogP contribution in [0.15, 0.2) is 72.9 Å². The van der Waals surface area contributed by atoms with Crippen molar-refractivity contribution in [3.63, 3.8) is 0 Å². The summed E-state index contributed by atoms with van der Waals surface area (Å²) in [5.74, 6) is 0.853. The van der Waals surface area contributed by atoms with E-state index in [1.807, 2.05) is 73.8 Å². The van der Waals surface area contributed by atoms with E-state index in [9.17, 15) is 9.59 Å². The number of nitrogens with zero attached hydrogens (tertiary/aromatic N) is 2. The molecule has 6 heteroatoms. The van der Waals surface area contributed by atoms with Crippen LogP contribution in [0.3, 0.4) is 0 Å². The van der Waals surface area contributed by atoms with Crippen molar-refractivity contribution in [2.45, 2.75) is 31.7 Å². The van der Waals surface area contributed by atoms with Gasteiger partial charge in [0, 0.05) is 31.8 Å². The maximum absolute atomic E-state index is 13.0. The number of hydrogen-bond acceptors (Lipinski definition) is 4. The van der Waals surface area contributed by atoms with E-state index in [4.69, 9.17) is 4.74 Å². The van der Waals surface area contributed by atoms with Crippen LogP contribution in [-0.2, 0) is 16.0 Å². The third-order valence-electron chi connectivity index (χ3n) is 5.64. The zero-order valence-electron chi connectivity index (χ0n) is 18.2. The molecule has 1 atom stereocenters. The van der Waals surface area contributed by atoms with Crippen LogP contribution < -0.4 is 10.1 Å². The topological polar surface area (TPSA) is 71.5 Å². The fraction of sp³-hybridized carbons (Fsp3) is 0.269. The van der Waals surface area contributed by atoms with Crippen molar-refractivity contribution in [3.8, 4) is 5.75 Å². The first-order valence-electron chi connectivity index (χ1n) is 10.9. The monoisotopic (exact) mass is 429 g/mol. The summed E-state index contributed by atoms with van der Waals surface area (Å²) >= 11 is 0. The molecule has 0 aliphatic carbocycles. The molecule has 2 aromatic carbocycles. The van der Waals surface area contributed by atoms with Gasteiger partial charge in [-0.1, -0.05) is 36.4 Å². The van der Waals surface area contributed by atoms with Crippen LogP contribution in [0.5, 0.6) is 5.75 Å². The van der Waals surface area contributed by atoms with Crippen molar-refractivity contribution in [1.29, 1.82) is 0 Å². The van der Waals surface area contributed by atoms with Gasteiger partial charge in [-0.3, -0.25) is 14.6 Å². The summed E-state index contributed by atoms with van der Waals surface area (Å²) in [5.41, 5.74) is 3.80. The van der Waals surface area contributed by atoms with Crippen LogP contribution in [-0.4, -0.2) is 35.4 Å². The van der Waals surface area contributed by atoms with Gasteiger partial charge in [0.15, 0.2) is 0 Å². The number of ether oxygens (including phenoxy) is 1. The molecule has 1 N–H and O–H groups in total. The third-order valence-corrected chi connectivity index (χ3v) is 5.64. The number of carbonyl (C=O) groups is 2. The molecule has 0 radical (unpaired) electrons. The SMILES string of the molecule is CN(C(=O)CCCOc1ccc2c(c1)CCC(=O)N2)C(c1ccccc1)c1ccccn1. The molecule has 3 aromatic rings. The van der Waals surface area contributed by atoms with Crippen LogP contribution >= 0.6 is 0 Å². The van der Waals surface area contributed by atoms with Crippen molar-refractivity contribution < 1.29 is 14.3 Å². The summed E-state index contributed by atoms with van der Waals surface area (Å²) in [6.45, 7) is 0.449. The van der Waals surface area contributed by atoms with Gasteiger partial charge in [0.05, 0.1) is 18.3 Å². The molecular formula is C26H27N3O3. The Bertz CT molecular complexity index is 1030. The molecule has 2 amide bonds. The van der Waals surface area contributed by atoms with Crippen LogP contribution in [0.4, 0.5) is 5.69 Å². The van der Waals surface area contributed by atoms with E-state index in [1.54, 1.807) is 11.1 Å². The summed E-state index contributed by atoms with van der Waals surface area (Å²) < 4.78 is 5.86. The zero-order chi connectivity index (χ0) is 22.3. The van der Waals surface area contributed by atoms with Crippen LogP contribution in [0, 0.1) is 0 Å². The van der Waals surface area contributed by atoms with Gasteiger partial charge < -0.3 is 15.0 Å². The van der Waals surface area contributed by atoms with E-state index in [2.05, 4.69) is 10.3 Å². The highest BCUT2D eigenvalue weighted by Gasteiger charge is 2.24. The van der Waals surface area contributed by atoms with E-state index in [0.717, 1.165) is 34.7 Å². The molecule has 1 aromatic heterocycles. The molecule has 164 valence electrons. The Morgan fingerprint density at radius 2 is 1.91 bits per heavy atom. The fourth-order valence-electron chi connectivity index (χ4n) is 3.95. The molecular weight excluding hydrogens is 402 g/mol. The summed E-state index contributed by atoms with van der Waals surface area (Å²) in [7, 11) is 1.83. The Labute approximate surface area is 188 Å². The summed E-state index contributed by atoms with van der Waals surface area (Å²) in [4.78, 5) is 30.7. The van der Waals surface area contributed by atoms with Crippen molar-refractivity contribution in [2.24, 2.45) is 0 Å². The molecule has 1 unspecified atom stereocenters. The highest BCUT2D eigenvalue weighted by atomic mass is 16.5. The van der Waals surface area contributed by atoms with E-state index >= 15 is 0 Å². The number of fused-ring (bicyclic) bond motifs is 1. The standard InChI is InChI=1S/C26H27N3O3/c1-29(26(19-8-3-2-4-9-19)23-10-5-6-16-27-23)25(31)11-7-17-32-21-13-14-22-20(18-21)12-15-24(30)28-22/h2-6,8-10,13-14,16,18,26H,7,11-12,15,17H2,1H3,(H,28,30). The average Bonchev–Trinajstić information content (AvgIpc) is 2.83. The Kier molecular flexibility index (Phi) is 6.80. The lowest BCUT2D eigenvalue weighted by molar-refractivity contribution is -0.131. The number of carbonyl (C=O) groups excluding carboxylic acids is 2. The highest BCUT2D eigenvalue weighted by Crippen LogP contribution is 2.28. The number of rotatable bonds is 8. The predicted molar refractivity (Wildman–Crippen MR) is 123 cm³/mol. The Balaban J connectivity index is 1.34. The first kappa shape index (κ1) is 21.6. The lowest BCUT2D eigenvalue weighted by atomic mass is 10.0. The van der Waals surface area contributed by atoms with Crippen LogP contribution in [0.1, 0.15) is 42.1 Å². The highest BCUT2D eigenvalue weighted by molar-refractivity contribution is 5.94. The largest absolute Gasteiger partial charge is 0.494 e. The summed E-state index contributed by atoms with van der Waals surface area (Å²) in [6.07, 6.45) is 3.96. The van der Waals surface area contributed by atoms with Gasteiger partial charge >= 0.3 is 0 Å². The van der Waals surface area contributed by atoms with Gasteiger partial charge in [0.1, 0.15) is 5.75 Å². The molecule has 0 saturated heterocycles. The number of aromatic nitrogens is 1.